The van der Waals surface area contributed by atoms with E-state index in [1.165, 1.54) is 0 Å². The van der Waals surface area contributed by atoms with E-state index in [9.17, 15) is 0 Å². The predicted octanol–water partition coefficient (Wildman–Crippen LogP) is 2.24. The molecule has 1 aliphatic rings. The van der Waals surface area contributed by atoms with Crippen LogP contribution in [0.25, 0.3) is 0 Å². The summed E-state index contributed by atoms with van der Waals surface area (Å²) < 4.78 is 4.93. The van der Waals surface area contributed by atoms with E-state index in [0.717, 1.165) is 17.2 Å². The third-order valence-electron chi connectivity index (χ3n) is 1.81. The van der Waals surface area contributed by atoms with E-state index in [1.54, 1.807) is 6.21 Å². The van der Waals surface area contributed by atoms with Crippen LogP contribution in [0.3, 0.4) is 0 Å². The molecule has 0 aromatic heterocycles. The number of hydrogen-bond donors (Lipinski definition) is 0. The molecule has 0 spiro atoms. The van der Waals surface area contributed by atoms with Crippen molar-refractivity contribution in [2.75, 3.05) is 6.61 Å². The van der Waals surface area contributed by atoms with Gasteiger partial charge in [-0.3, -0.25) is 0 Å². The minimum absolute atomic E-state index is 0.167. The minimum atomic E-state index is 0.167. The maximum Gasteiger partial charge on any atom is 0.142 e. The van der Waals surface area contributed by atoms with Crippen molar-refractivity contribution in [3.63, 3.8) is 0 Å². The molecular formula is C10H10ClNO2. The lowest BCUT2D eigenvalue weighted by molar-refractivity contribution is 0.131. The number of ether oxygens (including phenoxy) is 1. The van der Waals surface area contributed by atoms with E-state index >= 15 is 0 Å². The number of epoxide rings is 1. The molecule has 1 aliphatic heterocycles. The summed E-state index contributed by atoms with van der Waals surface area (Å²) in [7, 11) is 0. The van der Waals surface area contributed by atoms with Gasteiger partial charge in [-0.1, -0.05) is 28.9 Å². The van der Waals surface area contributed by atoms with Gasteiger partial charge in [0.2, 0.25) is 0 Å². The van der Waals surface area contributed by atoms with Crippen LogP contribution in [0.4, 0.5) is 0 Å². The number of hydrogen-bond acceptors (Lipinski definition) is 3. The van der Waals surface area contributed by atoms with Crippen molar-refractivity contribution in [2.45, 2.75) is 12.7 Å². The number of nitrogens with zero attached hydrogens (tertiary/aromatic N) is 1. The Morgan fingerprint density at radius 2 is 2.21 bits per heavy atom. The van der Waals surface area contributed by atoms with Crippen molar-refractivity contribution in [3.8, 4) is 0 Å². The molecule has 1 aromatic carbocycles. The maximum atomic E-state index is 5.74. The van der Waals surface area contributed by atoms with Gasteiger partial charge in [0.15, 0.2) is 0 Å². The highest BCUT2D eigenvalue weighted by atomic mass is 35.5. The Kier molecular flexibility index (Phi) is 3.01. The zero-order valence-electron chi connectivity index (χ0n) is 7.52. The molecule has 14 heavy (non-hydrogen) atoms. The minimum Gasteiger partial charge on any atom is -0.391 e. The van der Waals surface area contributed by atoms with E-state index in [1.807, 2.05) is 24.3 Å². The van der Waals surface area contributed by atoms with E-state index in [0.29, 0.717) is 6.61 Å². The molecule has 1 heterocycles. The van der Waals surface area contributed by atoms with Gasteiger partial charge in [-0.15, -0.1) is 0 Å². The molecule has 0 radical (unpaired) electrons. The van der Waals surface area contributed by atoms with Crippen LogP contribution in [0.1, 0.15) is 5.56 Å². The predicted molar refractivity (Wildman–Crippen MR) is 54.5 cm³/mol. The Labute approximate surface area is 87.3 Å². The topological polar surface area (TPSA) is 34.1 Å². The number of rotatable bonds is 4. The average Bonchev–Trinajstić information content (AvgIpc) is 2.99. The fourth-order valence-electron chi connectivity index (χ4n) is 0.945. The molecule has 0 aliphatic carbocycles. The third kappa shape index (κ3) is 3.01. The van der Waals surface area contributed by atoms with Crippen LogP contribution in [0.15, 0.2) is 29.4 Å². The summed E-state index contributed by atoms with van der Waals surface area (Å²) in [6.45, 7) is 1.22. The molecule has 74 valence electrons. The van der Waals surface area contributed by atoms with E-state index in [4.69, 9.17) is 21.2 Å². The second-order valence-electron chi connectivity index (χ2n) is 3.03. The highest BCUT2D eigenvalue weighted by Gasteiger charge is 2.19. The Morgan fingerprint density at radius 3 is 2.86 bits per heavy atom. The molecule has 0 saturated carbocycles. The summed E-state index contributed by atoms with van der Waals surface area (Å²) in [5.41, 5.74) is 1.04. The molecule has 4 heteroatoms. The van der Waals surface area contributed by atoms with Crippen LogP contribution < -0.4 is 0 Å². The van der Waals surface area contributed by atoms with Crippen molar-refractivity contribution >= 4 is 17.8 Å². The summed E-state index contributed by atoms with van der Waals surface area (Å²) in [4.78, 5) is 5.06. The van der Waals surface area contributed by atoms with E-state index in [-0.39, 0.29) is 6.10 Å². The molecule has 0 amide bonds. The molecule has 0 unspecified atom stereocenters. The summed E-state index contributed by atoms with van der Waals surface area (Å²) >= 11 is 5.74. The molecule has 3 nitrogen and oxygen atoms in total. The van der Waals surface area contributed by atoms with Crippen LogP contribution in [-0.2, 0) is 16.2 Å². The van der Waals surface area contributed by atoms with Gasteiger partial charge in [0, 0.05) is 5.02 Å². The Balaban J connectivity index is 1.76. The zero-order valence-corrected chi connectivity index (χ0v) is 8.28. The Bertz CT molecular complexity index is 319. The van der Waals surface area contributed by atoms with E-state index < -0.39 is 0 Å². The molecule has 1 aromatic rings. The second-order valence-corrected chi connectivity index (χ2v) is 3.46. The van der Waals surface area contributed by atoms with Crippen molar-refractivity contribution < 1.29 is 9.57 Å². The van der Waals surface area contributed by atoms with Crippen LogP contribution in [0, 0.1) is 0 Å². The lowest BCUT2D eigenvalue weighted by Crippen LogP contribution is -1.90. The van der Waals surface area contributed by atoms with Crippen LogP contribution in [0.5, 0.6) is 0 Å². The lowest BCUT2D eigenvalue weighted by atomic mass is 10.2. The smallest absolute Gasteiger partial charge is 0.142 e. The molecular weight excluding hydrogens is 202 g/mol. The monoisotopic (exact) mass is 211 g/mol. The first kappa shape index (κ1) is 9.49. The standard InChI is InChI=1S/C10H10ClNO2/c11-9-3-1-8(2-4-9)6-14-12-5-10-7-13-10/h1-5,10H,6-7H2/b12-5-/t10-/m0/s1. The lowest BCUT2D eigenvalue weighted by Gasteiger charge is -1.98. The number of benzene rings is 1. The quantitative estimate of drug-likeness (QED) is 0.435. The molecule has 1 saturated heterocycles. The van der Waals surface area contributed by atoms with Crippen molar-refractivity contribution in [3.05, 3.63) is 34.9 Å². The van der Waals surface area contributed by atoms with Gasteiger partial charge in [-0.25, -0.2) is 0 Å². The van der Waals surface area contributed by atoms with Crippen molar-refractivity contribution in [1.29, 1.82) is 0 Å². The van der Waals surface area contributed by atoms with Gasteiger partial charge in [-0.2, -0.15) is 0 Å². The summed E-state index contributed by atoms with van der Waals surface area (Å²) in [5.74, 6) is 0. The highest BCUT2D eigenvalue weighted by Crippen LogP contribution is 2.10. The molecule has 1 atom stereocenters. The fraction of sp³-hybridized carbons (Fsp3) is 0.300. The average molecular weight is 212 g/mol. The maximum absolute atomic E-state index is 5.74. The summed E-state index contributed by atoms with van der Waals surface area (Å²) in [6, 6.07) is 7.47. The normalized spacial score (nSPS) is 19.9. The van der Waals surface area contributed by atoms with Gasteiger partial charge >= 0.3 is 0 Å². The Morgan fingerprint density at radius 1 is 1.50 bits per heavy atom. The van der Waals surface area contributed by atoms with Gasteiger partial charge in [0.25, 0.3) is 0 Å². The first-order chi connectivity index (χ1) is 6.84. The van der Waals surface area contributed by atoms with Gasteiger partial charge < -0.3 is 9.57 Å². The number of oxime groups is 1. The van der Waals surface area contributed by atoms with Crippen molar-refractivity contribution in [2.24, 2.45) is 5.16 Å². The van der Waals surface area contributed by atoms with Crippen molar-refractivity contribution in [1.82, 2.24) is 0 Å². The van der Waals surface area contributed by atoms with Gasteiger partial charge in [0.05, 0.1) is 12.8 Å². The van der Waals surface area contributed by atoms with Gasteiger partial charge in [-0.05, 0) is 17.7 Å². The zero-order chi connectivity index (χ0) is 9.80. The largest absolute Gasteiger partial charge is 0.391 e. The SMILES string of the molecule is Clc1ccc(CO/N=C\[C@H]2CO2)cc1. The fourth-order valence-corrected chi connectivity index (χ4v) is 1.07. The molecule has 0 bridgehead atoms. The number of halogens is 1. The molecule has 0 N–H and O–H groups in total. The Hall–Kier alpha value is -1.06. The van der Waals surface area contributed by atoms with Crippen LogP contribution in [-0.4, -0.2) is 18.9 Å². The second kappa shape index (κ2) is 4.44. The van der Waals surface area contributed by atoms with Crippen LogP contribution >= 0.6 is 11.6 Å². The summed E-state index contributed by atoms with van der Waals surface area (Å²) in [5, 5.41) is 4.49. The molecule has 1 fully saturated rings. The van der Waals surface area contributed by atoms with Gasteiger partial charge in [0.1, 0.15) is 12.7 Å². The first-order valence-electron chi connectivity index (χ1n) is 4.36. The summed E-state index contributed by atoms with van der Waals surface area (Å²) in [6.07, 6.45) is 1.83. The first-order valence-corrected chi connectivity index (χ1v) is 4.74. The van der Waals surface area contributed by atoms with Crippen LogP contribution in [0.2, 0.25) is 5.02 Å². The van der Waals surface area contributed by atoms with E-state index in [2.05, 4.69) is 5.16 Å². The molecule has 2 rings (SSSR count). The third-order valence-corrected chi connectivity index (χ3v) is 2.06. The highest BCUT2D eigenvalue weighted by molar-refractivity contribution is 6.30.